The number of aryl methyl sites for hydroxylation is 2. The molecule has 4 aromatic carbocycles. The topological polar surface area (TPSA) is 22.3 Å². The van der Waals surface area contributed by atoms with Gasteiger partial charge in [0.05, 0.1) is 10.9 Å². The Balaban J connectivity index is 1.55. The molecule has 222 valence electrons. The highest BCUT2D eigenvalue weighted by atomic mass is 16.5. The molecule has 0 atom stereocenters. The average molecular weight is 573 g/mol. The number of fused-ring (bicyclic) bond motifs is 5. The fourth-order valence-corrected chi connectivity index (χ4v) is 7.73. The van der Waals surface area contributed by atoms with Crippen molar-refractivity contribution in [2.75, 3.05) is 13.2 Å². The second-order valence-electron chi connectivity index (χ2n) is 15.5. The maximum Gasteiger partial charge on any atom is 0.228 e. The van der Waals surface area contributed by atoms with E-state index in [4.69, 9.17) is 9.47 Å². The Morgan fingerprint density at radius 1 is 0.791 bits per heavy atom. The van der Waals surface area contributed by atoms with E-state index in [-0.39, 0.29) is 10.8 Å². The van der Waals surface area contributed by atoms with Crippen molar-refractivity contribution < 1.29 is 14.0 Å². The molecule has 2 aliphatic heterocycles. The standard InChI is InChI=1S/C40H46NO2/c1-24-31-20-25(22-39(2,3)4)12-13-29(31)33(23-40(5,6)7)38-35(24)37-36-30(14-17-41(37)8)28-11-9-10-27(26-15-18-42-19-16-26)32(28)21-34(36)43-38/h9-14,17,20-21,26H,15-16,18-19,22-23H2,1-8H3/q+1. The highest BCUT2D eigenvalue weighted by Gasteiger charge is 2.35. The third-order valence-corrected chi connectivity index (χ3v) is 9.52. The first kappa shape index (κ1) is 28.3. The zero-order valence-electron chi connectivity index (χ0n) is 27.3. The number of rotatable bonds is 3. The Hall–Kier alpha value is -3.43. The molecule has 0 amide bonds. The third kappa shape index (κ3) is 4.90. The van der Waals surface area contributed by atoms with Crippen LogP contribution in [0.5, 0.6) is 11.5 Å². The van der Waals surface area contributed by atoms with Gasteiger partial charge in [-0.2, -0.15) is 0 Å². The monoisotopic (exact) mass is 572 g/mol. The van der Waals surface area contributed by atoms with Crippen molar-refractivity contribution in [1.29, 1.82) is 0 Å². The van der Waals surface area contributed by atoms with E-state index in [0.29, 0.717) is 5.92 Å². The average Bonchev–Trinajstić information content (AvgIpc) is 2.95. The van der Waals surface area contributed by atoms with Crippen LogP contribution in [0, 0.1) is 17.8 Å². The quantitative estimate of drug-likeness (QED) is 0.155. The van der Waals surface area contributed by atoms with Crippen LogP contribution in [0.2, 0.25) is 0 Å². The second-order valence-corrected chi connectivity index (χ2v) is 15.5. The SMILES string of the molecule is Cc1c2c(c(CC(C)(C)C)c3ccc(CC(C)(C)C)cc13)Oc1cc3c(C4CCOCC4)cccc3c3cc[n+](C)c-2c13. The summed E-state index contributed by atoms with van der Waals surface area (Å²) >= 11 is 0. The van der Waals surface area contributed by atoms with Gasteiger partial charge >= 0.3 is 0 Å². The molecular weight excluding hydrogens is 526 g/mol. The molecule has 0 N–H and O–H groups in total. The highest BCUT2D eigenvalue weighted by molar-refractivity contribution is 6.17. The highest BCUT2D eigenvalue weighted by Crippen LogP contribution is 2.53. The largest absolute Gasteiger partial charge is 0.455 e. The molecule has 1 fully saturated rings. The van der Waals surface area contributed by atoms with Gasteiger partial charge in [0.2, 0.25) is 5.69 Å². The Morgan fingerprint density at radius 2 is 1.53 bits per heavy atom. The lowest BCUT2D eigenvalue weighted by atomic mass is 9.80. The van der Waals surface area contributed by atoms with Crippen molar-refractivity contribution in [2.24, 2.45) is 17.9 Å². The molecule has 7 rings (SSSR count). The first-order chi connectivity index (χ1) is 20.4. The molecule has 0 saturated carbocycles. The molecule has 3 heterocycles. The fourth-order valence-electron chi connectivity index (χ4n) is 7.73. The van der Waals surface area contributed by atoms with Crippen LogP contribution in [0.3, 0.4) is 0 Å². The Bertz CT molecular complexity index is 1910. The van der Waals surface area contributed by atoms with E-state index in [0.717, 1.165) is 50.4 Å². The van der Waals surface area contributed by atoms with Gasteiger partial charge in [0.25, 0.3) is 0 Å². The van der Waals surface area contributed by atoms with E-state index < -0.39 is 0 Å². The first-order valence-electron chi connectivity index (χ1n) is 16.1. The van der Waals surface area contributed by atoms with E-state index in [1.165, 1.54) is 65.8 Å². The van der Waals surface area contributed by atoms with Crippen LogP contribution in [-0.4, -0.2) is 13.2 Å². The number of aromatic nitrogens is 1. The van der Waals surface area contributed by atoms with Crippen molar-refractivity contribution in [3.63, 3.8) is 0 Å². The fraction of sp³-hybridized carbons (Fsp3) is 0.425. The van der Waals surface area contributed by atoms with Gasteiger partial charge in [-0.1, -0.05) is 77.9 Å². The Morgan fingerprint density at radius 3 is 2.26 bits per heavy atom. The smallest absolute Gasteiger partial charge is 0.228 e. The summed E-state index contributed by atoms with van der Waals surface area (Å²) in [5, 5.41) is 7.82. The zero-order valence-corrected chi connectivity index (χ0v) is 27.3. The van der Waals surface area contributed by atoms with E-state index in [9.17, 15) is 0 Å². The summed E-state index contributed by atoms with van der Waals surface area (Å²) < 4.78 is 15.2. The van der Waals surface area contributed by atoms with Gasteiger partial charge in [0.1, 0.15) is 18.5 Å². The van der Waals surface area contributed by atoms with Gasteiger partial charge in [-0.25, -0.2) is 4.57 Å². The minimum absolute atomic E-state index is 0.109. The molecule has 0 spiro atoms. The number of hydrogen-bond acceptors (Lipinski definition) is 2. The van der Waals surface area contributed by atoms with Gasteiger partial charge in [0.15, 0.2) is 6.20 Å². The number of ether oxygens (including phenoxy) is 2. The normalized spacial score (nSPS) is 15.7. The third-order valence-electron chi connectivity index (χ3n) is 9.52. The molecule has 43 heavy (non-hydrogen) atoms. The molecule has 5 aromatic rings. The van der Waals surface area contributed by atoms with Crippen LogP contribution in [0.15, 0.2) is 54.7 Å². The van der Waals surface area contributed by atoms with Crippen LogP contribution >= 0.6 is 0 Å². The number of pyridine rings is 1. The van der Waals surface area contributed by atoms with Crippen LogP contribution in [-0.2, 0) is 24.6 Å². The summed E-state index contributed by atoms with van der Waals surface area (Å²) in [5.74, 6) is 2.54. The molecule has 0 aliphatic carbocycles. The number of benzene rings is 4. The van der Waals surface area contributed by atoms with Crippen LogP contribution in [0.4, 0.5) is 0 Å². The Kier molecular flexibility index (Phi) is 6.63. The van der Waals surface area contributed by atoms with E-state index >= 15 is 0 Å². The molecule has 3 nitrogen and oxygen atoms in total. The maximum absolute atomic E-state index is 7.19. The van der Waals surface area contributed by atoms with Crippen LogP contribution in [0.1, 0.15) is 82.6 Å². The van der Waals surface area contributed by atoms with Gasteiger partial charge in [0, 0.05) is 30.2 Å². The van der Waals surface area contributed by atoms with Gasteiger partial charge in [-0.15, -0.1) is 0 Å². The van der Waals surface area contributed by atoms with Crippen molar-refractivity contribution in [3.05, 3.63) is 77.0 Å². The van der Waals surface area contributed by atoms with E-state index in [1.54, 1.807) is 0 Å². The minimum atomic E-state index is 0.109. The van der Waals surface area contributed by atoms with Crippen molar-refractivity contribution in [2.45, 2.75) is 80.1 Å². The van der Waals surface area contributed by atoms with Crippen molar-refractivity contribution >= 4 is 32.3 Å². The summed E-state index contributed by atoms with van der Waals surface area (Å²) in [6.45, 7) is 18.0. The maximum atomic E-state index is 7.19. The predicted molar refractivity (Wildman–Crippen MR) is 179 cm³/mol. The van der Waals surface area contributed by atoms with Crippen LogP contribution in [0.25, 0.3) is 43.6 Å². The van der Waals surface area contributed by atoms with Gasteiger partial charge in [-0.05, 0) is 93.7 Å². The molecule has 1 aromatic heterocycles. The molecule has 0 radical (unpaired) electrons. The van der Waals surface area contributed by atoms with Gasteiger partial charge < -0.3 is 9.47 Å². The van der Waals surface area contributed by atoms with Crippen molar-refractivity contribution in [3.8, 4) is 22.8 Å². The zero-order chi connectivity index (χ0) is 30.3. The van der Waals surface area contributed by atoms with Crippen molar-refractivity contribution in [1.82, 2.24) is 0 Å². The summed E-state index contributed by atoms with van der Waals surface area (Å²) in [7, 11) is 2.19. The lowest BCUT2D eigenvalue weighted by Gasteiger charge is -2.29. The second kappa shape index (κ2) is 10.1. The van der Waals surface area contributed by atoms with E-state index in [2.05, 4.69) is 115 Å². The molecule has 0 bridgehead atoms. The summed E-state index contributed by atoms with van der Waals surface area (Å²) in [6.07, 6.45) is 6.39. The minimum Gasteiger partial charge on any atom is -0.455 e. The molecule has 0 unspecified atom stereocenters. The molecule has 3 heteroatoms. The lowest BCUT2D eigenvalue weighted by Crippen LogP contribution is -2.32. The lowest BCUT2D eigenvalue weighted by molar-refractivity contribution is -0.659. The number of hydrogen-bond donors (Lipinski definition) is 0. The van der Waals surface area contributed by atoms with E-state index in [1.807, 2.05) is 0 Å². The first-order valence-corrected chi connectivity index (χ1v) is 16.1. The molecular formula is C40H46NO2+. The molecule has 1 saturated heterocycles. The summed E-state index contributed by atoms with van der Waals surface area (Å²) in [4.78, 5) is 0. The summed E-state index contributed by atoms with van der Waals surface area (Å²) in [5.41, 5.74) is 8.32. The molecule has 2 aliphatic rings. The Labute approximate surface area is 256 Å². The summed E-state index contributed by atoms with van der Waals surface area (Å²) in [6, 6.07) is 18.7. The predicted octanol–water partition coefficient (Wildman–Crippen LogP) is 10.1. The number of nitrogens with zero attached hydrogens (tertiary/aromatic N) is 1. The van der Waals surface area contributed by atoms with Gasteiger partial charge in [-0.3, -0.25) is 0 Å². The van der Waals surface area contributed by atoms with Crippen LogP contribution < -0.4 is 9.30 Å².